The molecule has 0 aliphatic carbocycles. The van der Waals surface area contributed by atoms with Crippen molar-refractivity contribution in [3.8, 4) is 11.5 Å². The second-order valence-corrected chi connectivity index (χ2v) is 18.4. The van der Waals surface area contributed by atoms with Gasteiger partial charge in [0.15, 0.2) is 0 Å². The zero-order valence-corrected chi connectivity index (χ0v) is 32.4. The Bertz CT molecular complexity index is 1920. The first-order valence-corrected chi connectivity index (χ1v) is 20.8. The number of carbonyl (C=O) groups is 5. The summed E-state index contributed by atoms with van der Waals surface area (Å²) in [7, 11) is -4.80. The van der Waals surface area contributed by atoms with Crippen molar-refractivity contribution in [2.75, 3.05) is 0 Å². The van der Waals surface area contributed by atoms with Gasteiger partial charge in [0.1, 0.15) is 0 Å². The van der Waals surface area contributed by atoms with Gasteiger partial charge < -0.3 is 0 Å². The molecule has 0 spiro atoms. The van der Waals surface area contributed by atoms with Crippen LogP contribution in [0, 0.1) is 5.92 Å². The van der Waals surface area contributed by atoms with E-state index >= 15 is 0 Å². The van der Waals surface area contributed by atoms with Crippen LogP contribution in [-0.2, 0) is 31.8 Å². The van der Waals surface area contributed by atoms with Gasteiger partial charge in [0, 0.05) is 0 Å². The first-order valence-electron chi connectivity index (χ1n) is 16.9. The van der Waals surface area contributed by atoms with Crippen molar-refractivity contribution in [2.24, 2.45) is 5.92 Å². The third kappa shape index (κ3) is 12.6. The van der Waals surface area contributed by atoms with E-state index in [-0.39, 0.29) is 30.3 Å². The Labute approximate surface area is 314 Å². The number of hydrogen-bond acceptors (Lipinski definition) is 8. The Balaban J connectivity index is 1.52. The third-order valence-electron chi connectivity index (χ3n) is 8.36. The first kappa shape index (κ1) is 40.9. The summed E-state index contributed by atoms with van der Waals surface area (Å²) >= 11 is -2.08. The van der Waals surface area contributed by atoms with Gasteiger partial charge in [-0.2, -0.15) is 0 Å². The molecule has 53 heavy (non-hydrogen) atoms. The molecule has 4 rings (SSSR count). The van der Waals surface area contributed by atoms with Crippen LogP contribution in [0.2, 0.25) is 0 Å². The molecule has 0 aromatic heterocycles. The van der Waals surface area contributed by atoms with Crippen LogP contribution in [0.4, 0.5) is 0 Å². The van der Waals surface area contributed by atoms with Gasteiger partial charge in [-0.05, 0) is 0 Å². The summed E-state index contributed by atoms with van der Waals surface area (Å²) in [6.07, 6.45) is 0.397. The van der Waals surface area contributed by atoms with Crippen molar-refractivity contribution in [3.63, 3.8) is 0 Å². The fraction of sp³-hybridized carbons (Fsp3) is 0.256. The fourth-order valence-electron chi connectivity index (χ4n) is 5.24. The van der Waals surface area contributed by atoms with Crippen molar-refractivity contribution >= 4 is 51.7 Å². The molecule has 0 aliphatic rings. The van der Waals surface area contributed by atoms with Gasteiger partial charge in [-0.25, -0.2) is 0 Å². The number of nitrogens with one attached hydrogen (secondary N) is 2. The van der Waals surface area contributed by atoms with E-state index < -0.39 is 68.2 Å². The number of benzene rings is 4. The number of amides is 2. The maximum atomic E-state index is 14.0. The van der Waals surface area contributed by atoms with Gasteiger partial charge in [-0.15, -0.1) is 0 Å². The van der Waals surface area contributed by atoms with E-state index in [1.165, 1.54) is 19.1 Å². The molecule has 14 heteroatoms. The molecular formula is C39H42AsN2O10P. The van der Waals surface area contributed by atoms with Gasteiger partial charge in [0.05, 0.1) is 0 Å². The first-order chi connectivity index (χ1) is 25.2. The minimum atomic E-state index is -4.80. The Morgan fingerprint density at radius 3 is 1.57 bits per heavy atom. The predicted octanol–water partition coefficient (Wildman–Crippen LogP) is 4.41. The van der Waals surface area contributed by atoms with E-state index in [0.717, 1.165) is 0 Å². The molecule has 278 valence electrons. The molecule has 0 aliphatic heterocycles. The quantitative estimate of drug-likeness (QED) is 0.0516. The summed E-state index contributed by atoms with van der Waals surface area (Å²) < 4.78 is 21.8. The average molecular weight is 805 g/mol. The van der Waals surface area contributed by atoms with Crippen LogP contribution in [0.5, 0.6) is 11.5 Å². The molecule has 0 fully saturated rings. The van der Waals surface area contributed by atoms with Crippen LogP contribution in [0.15, 0.2) is 109 Å². The number of ether oxygens (including phenoxy) is 2. The van der Waals surface area contributed by atoms with Crippen molar-refractivity contribution < 1.29 is 47.8 Å². The summed E-state index contributed by atoms with van der Waals surface area (Å²) in [6.45, 7) is 4.93. The van der Waals surface area contributed by atoms with Gasteiger partial charge in [0.25, 0.3) is 0 Å². The van der Waals surface area contributed by atoms with Gasteiger partial charge in [-0.1, -0.05) is 6.07 Å². The summed E-state index contributed by atoms with van der Waals surface area (Å²) in [4.78, 5) is 85.2. The van der Waals surface area contributed by atoms with Crippen molar-refractivity contribution in [1.29, 1.82) is 0 Å². The molecule has 4 aromatic rings. The molecule has 0 saturated carbocycles. The van der Waals surface area contributed by atoms with Gasteiger partial charge in [0.2, 0.25) is 0 Å². The van der Waals surface area contributed by atoms with E-state index in [2.05, 4.69) is 10.6 Å². The second kappa shape index (κ2) is 19.3. The summed E-state index contributed by atoms with van der Waals surface area (Å²) in [5.74, 6) is -1.92. The van der Waals surface area contributed by atoms with E-state index in [9.17, 15) is 38.3 Å². The Hall–Kier alpha value is -4.86. The van der Waals surface area contributed by atoms with E-state index in [4.69, 9.17) is 9.47 Å². The third-order valence-corrected chi connectivity index (χ3v) is 14.6. The number of hydrogen-bond donors (Lipinski definition) is 4. The van der Waals surface area contributed by atoms with Crippen LogP contribution in [-0.4, -0.2) is 70.4 Å². The fourth-order valence-corrected chi connectivity index (χ4v) is 9.76. The molecule has 12 nitrogen and oxygen atoms in total. The normalized spacial score (nSPS) is 13.7. The molecule has 2 amide bonds. The molecular weight excluding hydrogens is 762 g/mol. The zero-order chi connectivity index (χ0) is 38.5. The minimum absolute atomic E-state index is 0.0242. The van der Waals surface area contributed by atoms with E-state index in [1.54, 1.807) is 104 Å². The standard InChI is InChI=1S/C39H42AsN2O10P/c1-4-25(2)35(41-26(3)43)37(45)42-33(23-27-15-19-31(20-16-27)51-38(46)29-11-7-5-8-12-29)36(44)40-34(53(48,49)50)24-28-17-21-32(22-18-28)52-39(47)30-13-9-6-10-14-30/h5-22,25,33-35,40H,4,23-24H2,1-3H3,(H,41,43)(H,42,45)(H2,48,49,50)/t25-,33-,34-,35-/m0/s1. The number of esters is 2. The van der Waals surface area contributed by atoms with Crippen molar-refractivity contribution in [3.05, 3.63) is 131 Å². The molecule has 0 heterocycles. The topological polar surface area (TPSA) is 185 Å². The molecule has 4 aromatic carbocycles. The van der Waals surface area contributed by atoms with Gasteiger partial charge in [-0.3, -0.25) is 0 Å². The summed E-state index contributed by atoms with van der Waals surface area (Å²) in [5, 5.41) is 5.40. The zero-order valence-electron chi connectivity index (χ0n) is 29.4. The Morgan fingerprint density at radius 1 is 0.698 bits per heavy atom. The van der Waals surface area contributed by atoms with Gasteiger partial charge >= 0.3 is 309 Å². The molecule has 0 radical (unpaired) electrons. The molecule has 4 N–H and O–H groups in total. The van der Waals surface area contributed by atoms with Crippen LogP contribution >= 0.6 is 7.60 Å². The van der Waals surface area contributed by atoms with E-state index in [0.29, 0.717) is 28.7 Å². The molecule has 0 bridgehead atoms. The summed E-state index contributed by atoms with van der Waals surface area (Å²) in [6, 6.07) is 27.3. The second-order valence-electron chi connectivity index (χ2n) is 12.4. The molecule has 5 atom stereocenters. The van der Waals surface area contributed by atoms with E-state index in [1.807, 2.05) is 6.92 Å². The number of rotatable bonds is 17. The van der Waals surface area contributed by atoms with Crippen LogP contribution in [0.3, 0.4) is 0 Å². The Morgan fingerprint density at radius 2 is 1.15 bits per heavy atom. The maximum absolute atomic E-state index is 14.0. The monoisotopic (exact) mass is 804 g/mol. The van der Waals surface area contributed by atoms with Crippen LogP contribution < -0.4 is 20.1 Å². The SMILES string of the molecule is CC[C@H](C)[C@H](NC(C)=O)C(=O)N[C@@H](Cc1ccc(OC(=O)c2ccccc2)cc1)C(=O)[AsH][C@H](Cc1ccc(OC(=O)c2ccccc2)cc1)P(=O)(O)O. The van der Waals surface area contributed by atoms with Crippen LogP contribution in [0.25, 0.3) is 0 Å². The average Bonchev–Trinajstić information content (AvgIpc) is 3.14. The number of carbonyl (C=O) groups excluding carboxylic acids is 5. The Kier molecular flexibility index (Phi) is 14.9. The van der Waals surface area contributed by atoms with Crippen molar-refractivity contribution in [1.82, 2.24) is 10.6 Å². The predicted molar refractivity (Wildman–Crippen MR) is 200 cm³/mol. The van der Waals surface area contributed by atoms with Crippen LogP contribution in [0.1, 0.15) is 59.0 Å². The van der Waals surface area contributed by atoms with Crippen molar-refractivity contribution in [2.45, 2.75) is 56.6 Å². The molecule has 1 unspecified atom stereocenters. The summed E-state index contributed by atoms with van der Waals surface area (Å²) in [5.41, 5.74) is 1.83. The molecule has 0 saturated heterocycles.